The predicted molar refractivity (Wildman–Crippen MR) is 96.1 cm³/mol. The van der Waals surface area contributed by atoms with Crippen molar-refractivity contribution in [2.24, 2.45) is 0 Å². The summed E-state index contributed by atoms with van der Waals surface area (Å²) in [5.41, 5.74) is 1.77. The molecule has 0 radical (unpaired) electrons. The fourth-order valence-corrected chi connectivity index (χ4v) is 4.21. The van der Waals surface area contributed by atoms with E-state index in [9.17, 15) is 18.3 Å². The molecular formula is C16H25ClN2O4S. The standard InChI is InChI=1S/C16H24N2O4S.ClH/c1-12-3-5-13(6-4-12)14(19)11-18-15(20)16(23(2,21)22)7-9-17-10-8-16;/h3-6,14,17,19H,7-11H2,1-2H3,(H,18,20);1H. The Morgan fingerprint density at radius 2 is 1.83 bits per heavy atom. The van der Waals surface area contributed by atoms with Crippen molar-refractivity contribution < 1.29 is 18.3 Å². The normalized spacial score (nSPS) is 18.3. The zero-order chi connectivity index (χ0) is 17.1. The van der Waals surface area contributed by atoms with Gasteiger partial charge < -0.3 is 15.7 Å². The second kappa shape index (κ2) is 8.29. The minimum absolute atomic E-state index is 0. The second-order valence-electron chi connectivity index (χ2n) is 6.15. The molecule has 8 heteroatoms. The van der Waals surface area contributed by atoms with E-state index in [0.29, 0.717) is 18.7 Å². The van der Waals surface area contributed by atoms with Crippen LogP contribution in [0.3, 0.4) is 0 Å². The van der Waals surface area contributed by atoms with Crippen LogP contribution in [0.15, 0.2) is 24.3 Å². The van der Waals surface area contributed by atoms with Gasteiger partial charge in [0.25, 0.3) is 0 Å². The van der Waals surface area contributed by atoms with Crippen molar-refractivity contribution in [3.05, 3.63) is 35.4 Å². The van der Waals surface area contributed by atoms with Gasteiger partial charge in [0.1, 0.15) is 0 Å². The molecule has 136 valence electrons. The first-order valence-corrected chi connectivity index (χ1v) is 9.59. The van der Waals surface area contributed by atoms with E-state index in [0.717, 1.165) is 11.8 Å². The largest absolute Gasteiger partial charge is 0.387 e. The molecule has 2 rings (SSSR count). The molecule has 6 nitrogen and oxygen atoms in total. The zero-order valence-corrected chi connectivity index (χ0v) is 15.5. The van der Waals surface area contributed by atoms with E-state index in [1.165, 1.54) is 0 Å². The molecule has 0 aromatic heterocycles. The highest BCUT2D eigenvalue weighted by Crippen LogP contribution is 2.28. The number of hydrogen-bond acceptors (Lipinski definition) is 5. The summed E-state index contributed by atoms with van der Waals surface area (Å²) < 4.78 is 22.9. The van der Waals surface area contributed by atoms with Crippen molar-refractivity contribution in [3.8, 4) is 0 Å². The lowest BCUT2D eigenvalue weighted by atomic mass is 9.95. The van der Waals surface area contributed by atoms with Crippen molar-refractivity contribution in [2.75, 3.05) is 25.9 Å². The van der Waals surface area contributed by atoms with Crippen LogP contribution in [-0.2, 0) is 14.6 Å². The summed E-state index contributed by atoms with van der Waals surface area (Å²) in [6, 6.07) is 7.35. The monoisotopic (exact) mass is 376 g/mol. The number of aliphatic hydroxyl groups is 1. The maximum Gasteiger partial charge on any atom is 0.241 e. The molecule has 1 saturated heterocycles. The summed E-state index contributed by atoms with van der Waals surface area (Å²) >= 11 is 0. The van der Waals surface area contributed by atoms with E-state index in [-0.39, 0.29) is 31.8 Å². The third-order valence-electron chi connectivity index (χ3n) is 4.45. The summed E-state index contributed by atoms with van der Waals surface area (Å²) in [7, 11) is -3.54. The molecular weight excluding hydrogens is 352 g/mol. The Hall–Kier alpha value is -1.15. The fraction of sp³-hybridized carbons (Fsp3) is 0.562. The number of halogens is 1. The van der Waals surface area contributed by atoms with E-state index in [2.05, 4.69) is 10.6 Å². The van der Waals surface area contributed by atoms with Crippen LogP contribution < -0.4 is 10.6 Å². The predicted octanol–water partition coefficient (Wildman–Crippen LogP) is 0.733. The van der Waals surface area contributed by atoms with Gasteiger partial charge in [-0.3, -0.25) is 4.79 Å². The van der Waals surface area contributed by atoms with E-state index in [1.807, 2.05) is 19.1 Å². The third kappa shape index (κ3) is 4.47. The van der Waals surface area contributed by atoms with Gasteiger partial charge in [0.15, 0.2) is 14.6 Å². The van der Waals surface area contributed by atoms with Gasteiger partial charge in [0.05, 0.1) is 6.10 Å². The molecule has 0 spiro atoms. The van der Waals surface area contributed by atoms with Crippen LogP contribution in [-0.4, -0.2) is 50.1 Å². The lowest BCUT2D eigenvalue weighted by Gasteiger charge is -2.34. The van der Waals surface area contributed by atoms with Crippen LogP contribution in [0.4, 0.5) is 0 Å². The lowest BCUT2D eigenvalue weighted by molar-refractivity contribution is -0.124. The Morgan fingerprint density at radius 3 is 2.33 bits per heavy atom. The Bertz CT molecular complexity index is 655. The third-order valence-corrected chi connectivity index (χ3v) is 6.47. The van der Waals surface area contributed by atoms with Crippen molar-refractivity contribution in [1.82, 2.24) is 10.6 Å². The van der Waals surface area contributed by atoms with Crippen LogP contribution >= 0.6 is 12.4 Å². The number of sulfone groups is 1. The molecule has 1 aliphatic heterocycles. The van der Waals surface area contributed by atoms with Gasteiger partial charge in [0.2, 0.25) is 5.91 Å². The Labute approximate surface area is 149 Å². The minimum atomic E-state index is -3.54. The second-order valence-corrected chi connectivity index (χ2v) is 8.48. The smallest absolute Gasteiger partial charge is 0.241 e. The van der Waals surface area contributed by atoms with Gasteiger partial charge >= 0.3 is 0 Å². The molecule has 1 amide bonds. The zero-order valence-electron chi connectivity index (χ0n) is 13.9. The maximum atomic E-state index is 12.5. The number of rotatable bonds is 5. The first-order chi connectivity index (χ1) is 10.8. The van der Waals surface area contributed by atoms with Crippen LogP contribution in [0.2, 0.25) is 0 Å². The van der Waals surface area contributed by atoms with Crippen molar-refractivity contribution >= 4 is 28.2 Å². The number of benzene rings is 1. The van der Waals surface area contributed by atoms with E-state index in [1.54, 1.807) is 12.1 Å². The summed E-state index contributed by atoms with van der Waals surface area (Å²) in [5.74, 6) is -0.521. The highest BCUT2D eigenvalue weighted by Gasteiger charge is 2.48. The molecule has 1 aliphatic rings. The first-order valence-electron chi connectivity index (χ1n) is 7.69. The SMILES string of the molecule is Cc1ccc(C(O)CNC(=O)C2(S(C)(=O)=O)CCNCC2)cc1.Cl. The van der Waals surface area contributed by atoms with Crippen LogP contribution in [0.25, 0.3) is 0 Å². The molecule has 1 fully saturated rings. The van der Waals surface area contributed by atoms with Gasteiger partial charge in [-0.15, -0.1) is 12.4 Å². The van der Waals surface area contributed by atoms with Crippen molar-refractivity contribution in [1.29, 1.82) is 0 Å². The van der Waals surface area contributed by atoms with Crippen LogP contribution in [0.5, 0.6) is 0 Å². The Morgan fingerprint density at radius 1 is 1.29 bits per heavy atom. The topological polar surface area (TPSA) is 95.5 Å². The molecule has 24 heavy (non-hydrogen) atoms. The molecule has 1 atom stereocenters. The van der Waals surface area contributed by atoms with Gasteiger partial charge in [0, 0.05) is 12.8 Å². The number of aliphatic hydroxyl groups excluding tert-OH is 1. The van der Waals surface area contributed by atoms with E-state index < -0.39 is 26.6 Å². The quantitative estimate of drug-likeness (QED) is 0.704. The fourth-order valence-electron chi connectivity index (χ4n) is 2.85. The highest BCUT2D eigenvalue weighted by molar-refractivity contribution is 7.92. The molecule has 1 unspecified atom stereocenters. The Kier molecular flexibility index (Phi) is 7.22. The van der Waals surface area contributed by atoms with Crippen LogP contribution in [0.1, 0.15) is 30.1 Å². The summed E-state index contributed by atoms with van der Waals surface area (Å²) in [5, 5.41) is 15.9. The summed E-state index contributed by atoms with van der Waals surface area (Å²) in [6.07, 6.45) is 0.739. The number of carbonyl (C=O) groups excluding carboxylic acids is 1. The van der Waals surface area contributed by atoms with Gasteiger partial charge in [-0.05, 0) is 38.4 Å². The molecule has 1 heterocycles. The molecule has 1 aromatic rings. The van der Waals surface area contributed by atoms with Gasteiger partial charge in [-0.1, -0.05) is 29.8 Å². The molecule has 0 bridgehead atoms. The maximum absolute atomic E-state index is 12.5. The summed E-state index contributed by atoms with van der Waals surface area (Å²) in [6.45, 7) is 2.92. The minimum Gasteiger partial charge on any atom is -0.387 e. The van der Waals surface area contributed by atoms with Gasteiger partial charge in [-0.2, -0.15) is 0 Å². The molecule has 0 aliphatic carbocycles. The lowest BCUT2D eigenvalue weighted by Crippen LogP contribution is -2.57. The number of piperidine rings is 1. The average Bonchev–Trinajstić information content (AvgIpc) is 2.52. The number of aryl methyl sites for hydroxylation is 1. The number of hydrogen-bond donors (Lipinski definition) is 3. The average molecular weight is 377 g/mol. The molecule has 0 saturated carbocycles. The van der Waals surface area contributed by atoms with Crippen molar-refractivity contribution in [3.63, 3.8) is 0 Å². The molecule has 3 N–H and O–H groups in total. The number of nitrogens with one attached hydrogen (secondary N) is 2. The molecule has 1 aromatic carbocycles. The van der Waals surface area contributed by atoms with E-state index >= 15 is 0 Å². The summed E-state index contributed by atoms with van der Waals surface area (Å²) in [4.78, 5) is 12.5. The van der Waals surface area contributed by atoms with Gasteiger partial charge in [-0.25, -0.2) is 8.42 Å². The Balaban J connectivity index is 0.00000288. The number of carbonyl (C=O) groups is 1. The van der Waals surface area contributed by atoms with Crippen LogP contribution in [0, 0.1) is 6.92 Å². The first kappa shape index (κ1) is 20.9. The van der Waals surface area contributed by atoms with Crippen molar-refractivity contribution in [2.45, 2.75) is 30.6 Å². The highest BCUT2D eigenvalue weighted by atomic mass is 35.5. The number of amides is 1. The van der Waals surface area contributed by atoms with E-state index in [4.69, 9.17) is 0 Å².